The molecule has 3 N–H and O–H groups in total. The summed E-state index contributed by atoms with van der Waals surface area (Å²) in [6.45, 7) is 2.60. The van der Waals surface area contributed by atoms with E-state index >= 15 is 0 Å². The maximum atomic E-state index is 11.9. The Balaban J connectivity index is 1.71. The number of carbonyl (C=O) groups is 1. The van der Waals surface area contributed by atoms with E-state index in [-0.39, 0.29) is 12.1 Å². The number of likely N-dealkylation sites (tertiary alicyclic amines) is 1. The van der Waals surface area contributed by atoms with Crippen LogP contribution in [-0.2, 0) is 0 Å². The summed E-state index contributed by atoms with van der Waals surface area (Å²) in [4.78, 5) is 13.9. The molecule has 2 rings (SSSR count). The highest BCUT2D eigenvalue weighted by Crippen LogP contribution is 2.22. The minimum absolute atomic E-state index is 0.113. The summed E-state index contributed by atoms with van der Waals surface area (Å²) >= 11 is 0. The van der Waals surface area contributed by atoms with Crippen LogP contribution in [-0.4, -0.2) is 36.6 Å². The van der Waals surface area contributed by atoms with Crippen LogP contribution in [0, 0.1) is 5.92 Å². The van der Waals surface area contributed by atoms with Gasteiger partial charge >= 0.3 is 6.03 Å². The minimum Gasteiger partial charge on any atom is -0.338 e. The molecule has 2 fully saturated rings. The molecule has 4 nitrogen and oxygen atoms in total. The van der Waals surface area contributed by atoms with E-state index < -0.39 is 0 Å². The Bertz CT molecular complexity index is 251. The van der Waals surface area contributed by atoms with Gasteiger partial charge in [0.05, 0.1) is 0 Å². The zero-order chi connectivity index (χ0) is 12.1. The van der Waals surface area contributed by atoms with Crippen LogP contribution in [0.25, 0.3) is 0 Å². The van der Waals surface area contributed by atoms with E-state index in [1.54, 1.807) is 0 Å². The first-order valence-electron chi connectivity index (χ1n) is 7.06. The molecule has 1 aliphatic carbocycles. The molecule has 2 aliphatic rings. The van der Waals surface area contributed by atoms with Crippen molar-refractivity contribution >= 4 is 6.03 Å². The van der Waals surface area contributed by atoms with Gasteiger partial charge in [0.2, 0.25) is 0 Å². The average Bonchev–Trinajstić information content (AvgIpc) is 2.38. The second-order valence-corrected chi connectivity index (χ2v) is 5.44. The molecule has 98 valence electrons. The van der Waals surface area contributed by atoms with Crippen LogP contribution in [0.5, 0.6) is 0 Å². The molecule has 1 aliphatic heterocycles. The summed E-state index contributed by atoms with van der Waals surface area (Å²) in [5.74, 6) is 0.484. The number of piperidine rings is 1. The number of nitrogens with one attached hydrogen (secondary N) is 1. The highest BCUT2D eigenvalue weighted by atomic mass is 16.2. The summed E-state index contributed by atoms with van der Waals surface area (Å²) in [6.07, 6.45) is 8.35. The normalized spacial score (nSPS) is 30.1. The van der Waals surface area contributed by atoms with Gasteiger partial charge in [-0.25, -0.2) is 4.79 Å². The standard InChI is InChI=1S/C13H25N3O/c14-12-7-3-2-6-11(12)10-15-13(17)16-8-4-1-5-9-16/h11-12H,1-10,14H2,(H,15,17). The van der Waals surface area contributed by atoms with E-state index in [0.717, 1.165) is 38.9 Å². The summed E-state index contributed by atoms with van der Waals surface area (Å²) in [5.41, 5.74) is 6.08. The lowest BCUT2D eigenvalue weighted by molar-refractivity contribution is 0.181. The fourth-order valence-electron chi connectivity index (χ4n) is 2.92. The maximum Gasteiger partial charge on any atom is 0.317 e. The smallest absolute Gasteiger partial charge is 0.317 e. The van der Waals surface area contributed by atoms with Crippen LogP contribution in [0.3, 0.4) is 0 Å². The van der Waals surface area contributed by atoms with Crippen molar-refractivity contribution in [2.24, 2.45) is 11.7 Å². The number of hydrogen-bond acceptors (Lipinski definition) is 2. The molecular weight excluding hydrogens is 214 g/mol. The lowest BCUT2D eigenvalue weighted by atomic mass is 9.85. The number of rotatable bonds is 2. The third kappa shape index (κ3) is 3.60. The molecule has 0 radical (unpaired) electrons. The Labute approximate surface area is 104 Å². The Morgan fingerprint density at radius 2 is 1.82 bits per heavy atom. The van der Waals surface area contributed by atoms with Crippen molar-refractivity contribution in [3.63, 3.8) is 0 Å². The second kappa shape index (κ2) is 6.24. The molecule has 2 atom stereocenters. The minimum atomic E-state index is 0.113. The van der Waals surface area contributed by atoms with E-state index in [1.165, 1.54) is 25.7 Å². The van der Waals surface area contributed by atoms with Crippen LogP contribution in [0.2, 0.25) is 0 Å². The van der Waals surface area contributed by atoms with Crippen molar-refractivity contribution in [3.8, 4) is 0 Å². The number of amides is 2. The molecule has 0 aromatic heterocycles. The Morgan fingerprint density at radius 1 is 1.12 bits per heavy atom. The van der Waals surface area contributed by atoms with Crippen molar-refractivity contribution in [3.05, 3.63) is 0 Å². The van der Waals surface area contributed by atoms with Crippen molar-refractivity contribution < 1.29 is 4.79 Å². The monoisotopic (exact) mass is 239 g/mol. The maximum absolute atomic E-state index is 11.9. The Hall–Kier alpha value is -0.770. The van der Waals surface area contributed by atoms with E-state index in [4.69, 9.17) is 5.73 Å². The van der Waals surface area contributed by atoms with E-state index in [2.05, 4.69) is 5.32 Å². The zero-order valence-electron chi connectivity index (χ0n) is 10.7. The van der Waals surface area contributed by atoms with Crippen LogP contribution in [0.1, 0.15) is 44.9 Å². The van der Waals surface area contributed by atoms with Gasteiger partial charge in [-0.05, 0) is 38.0 Å². The van der Waals surface area contributed by atoms with Crippen LogP contribution < -0.4 is 11.1 Å². The Kier molecular flexibility index (Phi) is 4.66. The molecule has 0 aromatic carbocycles. The number of hydrogen-bond donors (Lipinski definition) is 2. The summed E-state index contributed by atoms with van der Waals surface area (Å²) in [6, 6.07) is 0.396. The highest BCUT2D eigenvalue weighted by molar-refractivity contribution is 5.74. The highest BCUT2D eigenvalue weighted by Gasteiger charge is 2.23. The molecule has 17 heavy (non-hydrogen) atoms. The van der Waals surface area contributed by atoms with E-state index in [1.807, 2.05) is 4.90 Å². The zero-order valence-corrected chi connectivity index (χ0v) is 10.7. The lowest BCUT2D eigenvalue weighted by Crippen LogP contribution is -2.47. The number of carbonyl (C=O) groups excluding carboxylic acids is 1. The molecule has 0 bridgehead atoms. The fourth-order valence-corrected chi connectivity index (χ4v) is 2.92. The van der Waals surface area contributed by atoms with Crippen molar-refractivity contribution in [1.82, 2.24) is 10.2 Å². The molecule has 0 aromatic rings. The van der Waals surface area contributed by atoms with Crippen LogP contribution in [0.4, 0.5) is 4.79 Å². The van der Waals surface area contributed by atoms with Gasteiger partial charge in [0.25, 0.3) is 0 Å². The van der Waals surface area contributed by atoms with Gasteiger partial charge in [-0.2, -0.15) is 0 Å². The third-order valence-electron chi connectivity index (χ3n) is 4.13. The van der Waals surface area contributed by atoms with Crippen LogP contribution in [0.15, 0.2) is 0 Å². The van der Waals surface area contributed by atoms with Gasteiger partial charge in [0.15, 0.2) is 0 Å². The molecule has 2 unspecified atom stereocenters. The molecular formula is C13H25N3O. The van der Waals surface area contributed by atoms with Gasteiger partial charge in [-0.1, -0.05) is 12.8 Å². The summed E-state index contributed by atoms with van der Waals surface area (Å²) in [5, 5.41) is 3.06. The molecule has 1 saturated heterocycles. The molecule has 1 saturated carbocycles. The van der Waals surface area contributed by atoms with Gasteiger partial charge in [0.1, 0.15) is 0 Å². The predicted molar refractivity (Wildman–Crippen MR) is 68.8 cm³/mol. The van der Waals surface area contributed by atoms with E-state index in [9.17, 15) is 4.79 Å². The topological polar surface area (TPSA) is 58.4 Å². The first-order valence-corrected chi connectivity index (χ1v) is 7.06. The fraction of sp³-hybridized carbons (Fsp3) is 0.923. The SMILES string of the molecule is NC1CCCCC1CNC(=O)N1CCCCC1. The van der Waals surface area contributed by atoms with Gasteiger partial charge < -0.3 is 16.0 Å². The van der Waals surface area contributed by atoms with E-state index in [0.29, 0.717) is 5.92 Å². The first kappa shape index (κ1) is 12.7. The number of nitrogens with zero attached hydrogens (tertiary/aromatic N) is 1. The summed E-state index contributed by atoms with van der Waals surface area (Å²) in [7, 11) is 0. The van der Waals surface area contributed by atoms with Gasteiger partial charge in [0, 0.05) is 25.7 Å². The van der Waals surface area contributed by atoms with Gasteiger partial charge in [-0.3, -0.25) is 0 Å². The van der Waals surface area contributed by atoms with Crippen LogP contribution >= 0.6 is 0 Å². The van der Waals surface area contributed by atoms with Gasteiger partial charge in [-0.15, -0.1) is 0 Å². The van der Waals surface area contributed by atoms with Crippen molar-refractivity contribution in [2.45, 2.75) is 51.0 Å². The molecule has 4 heteroatoms. The van der Waals surface area contributed by atoms with Crippen molar-refractivity contribution in [2.75, 3.05) is 19.6 Å². The lowest BCUT2D eigenvalue weighted by Gasteiger charge is -2.31. The third-order valence-corrected chi connectivity index (χ3v) is 4.13. The number of nitrogens with two attached hydrogens (primary N) is 1. The first-order chi connectivity index (χ1) is 8.27. The number of urea groups is 1. The Morgan fingerprint density at radius 3 is 2.53 bits per heavy atom. The molecule has 0 spiro atoms. The average molecular weight is 239 g/mol. The largest absolute Gasteiger partial charge is 0.338 e. The van der Waals surface area contributed by atoms with Crippen molar-refractivity contribution in [1.29, 1.82) is 0 Å². The summed E-state index contributed by atoms with van der Waals surface area (Å²) < 4.78 is 0. The quantitative estimate of drug-likeness (QED) is 0.770. The predicted octanol–water partition coefficient (Wildman–Crippen LogP) is 1.70. The molecule has 1 heterocycles. The molecule has 2 amide bonds. The second-order valence-electron chi connectivity index (χ2n) is 5.44.